The van der Waals surface area contributed by atoms with Gasteiger partial charge in [0.15, 0.2) is 5.54 Å². The summed E-state index contributed by atoms with van der Waals surface area (Å²) in [6.07, 6.45) is 2.88. The standard InChI is InChI=1S/C18H17BrN2OS/c1-12-20-18(9-5-8-15-14(18)10-16(19)23-15)17(22)21(12)11-13-6-3-2-4-7-13/h2-4,6-7,10H,5,8-9,11H2,1H3. The van der Waals surface area contributed by atoms with Crippen LogP contribution in [0.5, 0.6) is 0 Å². The Kier molecular flexibility index (Phi) is 3.65. The van der Waals surface area contributed by atoms with Crippen LogP contribution in [0.1, 0.15) is 35.8 Å². The molecule has 1 amide bonds. The van der Waals surface area contributed by atoms with Crippen molar-refractivity contribution in [1.82, 2.24) is 4.90 Å². The van der Waals surface area contributed by atoms with E-state index in [1.165, 1.54) is 4.88 Å². The highest BCUT2D eigenvalue weighted by Crippen LogP contribution is 2.47. The first-order chi connectivity index (χ1) is 11.1. The molecule has 1 aliphatic heterocycles. The SMILES string of the molecule is CC1=NC2(CCCc3sc(Br)cc32)C(=O)N1Cc1ccccc1. The molecule has 2 heterocycles. The summed E-state index contributed by atoms with van der Waals surface area (Å²) in [5.74, 6) is 0.958. The van der Waals surface area contributed by atoms with Crippen LogP contribution in [0.3, 0.4) is 0 Å². The molecule has 2 aliphatic rings. The van der Waals surface area contributed by atoms with Gasteiger partial charge in [-0.25, -0.2) is 0 Å². The molecule has 1 atom stereocenters. The van der Waals surface area contributed by atoms with Crippen LogP contribution in [0.15, 0.2) is 45.2 Å². The van der Waals surface area contributed by atoms with Gasteiger partial charge >= 0.3 is 0 Å². The highest BCUT2D eigenvalue weighted by molar-refractivity contribution is 9.11. The van der Waals surface area contributed by atoms with Gasteiger partial charge in [-0.2, -0.15) is 0 Å². The summed E-state index contributed by atoms with van der Waals surface area (Å²) in [5.41, 5.74) is 1.56. The molecule has 1 unspecified atom stereocenters. The van der Waals surface area contributed by atoms with Gasteiger partial charge < -0.3 is 0 Å². The number of halogens is 1. The number of fused-ring (bicyclic) bond motifs is 2. The van der Waals surface area contributed by atoms with Gasteiger partial charge in [-0.1, -0.05) is 30.3 Å². The Labute approximate surface area is 148 Å². The van der Waals surface area contributed by atoms with Crippen molar-refractivity contribution in [3.63, 3.8) is 0 Å². The Morgan fingerprint density at radius 2 is 2.13 bits per heavy atom. The first-order valence-electron chi connectivity index (χ1n) is 7.81. The van der Waals surface area contributed by atoms with E-state index in [1.807, 2.05) is 30.0 Å². The summed E-state index contributed by atoms with van der Waals surface area (Å²) in [7, 11) is 0. The second-order valence-electron chi connectivity index (χ2n) is 6.14. The first kappa shape index (κ1) is 15.1. The molecule has 4 rings (SSSR count). The predicted octanol–water partition coefficient (Wildman–Crippen LogP) is 4.50. The smallest absolute Gasteiger partial charge is 0.260 e. The largest absolute Gasteiger partial charge is 0.294 e. The van der Waals surface area contributed by atoms with Crippen molar-refractivity contribution in [3.05, 3.63) is 56.2 Å². The third kappa shape index (κ3) is 2.37. The molecule has 0 radical (unpaired) electrons. The Morgan fingerprint density at radius 3 is 2.91 bits per heavy atom. The first-order valence-corrected chi connectivity index (χ1v) is 9.42. The second kappa shape index (κ2) is 5.56. The molecular formula is C18H17BrN2OS. The zero-order valence-corrected chi connectivity index (χ0v) is 15.3. The van der Waals surface area contributed by atoms with E-state index in [4.69, 9.17) is 4.99 Å². The predicted molar refractivity (Wildman–Crippen MR) is 96.7 cm³/mol. The lowest BCUT2D eigenvalue weighted by Gasteiger charge is -2.30. The van der Waals surface area contributed by atoms with Crippen molar-refractivity contribution in [1.29, 1.82) is 0 Å². The molecule has 1 aliphatic carbocycles. The Balaban J connectivity index is 1.72. The molecule has 118 valence electrons. The van der Waals surface area contributed by atoms with Gasteiger partial charge in [-0.15, -0.1) is 11.3 Å². The molecule has 0 saturated heterocycles. The van der Waals surface area contributed by atoms with E-state index < -0.39 is 5.54 Å². The van der Waals surface area contributed by atoms with E-state index >= 15 is 0 Å². The van der Waals surface area contributed by atoms with Gasteiger partial charge in [0.2, 0.25) is 0 Å². The minimum absolute atomic E-state index is 0.130. The van der Waals surface area contributed by atoms with Crippen LogP contribution in [-0.2, 0) is 23.3 Å². The van der Waals surface area contributed by atoms with Crippen LogP contribution < -0.4 is 0 Å². The second-order valence-corrected chi connectivity index (χ2v) is 8.65. The number of aryl methyl sites for hydroxylation is 1. The molecule has 0 saturated carbocycles. The molecule has 0 fully saturated rings. The average molecular weight is 389 g/mol. The Bertz CT molecular complexity index is 799. The van der Waals surface area contributed by atoms with E-state index in [1.54, 1.807) is 11.3 Å². The summed E-state index contributed by atoms with van der Waals surface area (Å²) in [4.78, 5) is 21.3. The summed E-state index contributed by atoms with van der Waals surface area (Å²) >= 11 is 5.31. The number of carbonyl (C=O) groups excluding carboxylic acids is 1. The number of amidine groups is 1. The fraction of sp³-hybridized carbons (Fsp3) is 0.333. The molecule has 23 heavy (non-hydrogen) atoms. The van der Waals surface area contributed by atoms with Crippen molar-refractivity contribution in [2.45, 2.75) is 38.3 Å². The monoisotopic (exact) mass is 388 g/mol. The number of rotatable bonds is 2. The molecule has 0 bridgehead atoms. The van der Waals surface area contributed by atoms with Crippen molar-refractivity contribution < 1.29 is 4.79 Å². The number of aliphatic imine (C=N–C) groups is 1. The fourth-order valence-corrected chi connectivity index (χ4v) is 5.43. The maximum absolute atomic E-state index is 13.3. The summed E-state index contributed by atoms with van der Waals surface area (Å²) in [6, 6.07) is 12.2. The minimum atomic E-state index is -0.686. The van der Waals surface area contributed by atoms with Gasteiger partial charge in [-0.3, -0.25) is 14.7 Å². The van der Waals surface area contributed by atoms with Crippen molar-refractivity contribution in [2.24, 2.45) is 4.99 Å². The third-order valence-corrected chi connectivity index (χ3v) is 6.39. The number of benzene rings is 1. The number of hydrogen-bond donors (Lipinski definition) is 0. The quantitative estimate of drug-likeness (QED) is 0.744. The Hall–Kier alpha value is -1.46. The van der Waals surface area contributed by atoms with Crippen LogP contribution in [0.2, 0.25) is 0 Å². The van der Waals surface area contributed by atoms with Gasteiger partial charge in [0.1, 0.15) is 5.84 Å². The zero-order valence-electron chi connectivity index (χ0n) is 12.9. The van der Waals surface area contributed by atoms with E-state index in [0.29, 0.717) is 6.54 Å². The lowest BCUT2D eigenvalue weighted by Crippen LogP contribution is -2.41. The van der Waals surface area contributed by atoms with Crippen LogP contribution in [-0.4, -0.2) is 16.6 Å². The molecule has 3 nitrogen and oxygen atoms in total. The molecule has 2 aromatic rings. The van der Waals surface area contributed by atoms with Gasteiger partial charge in [0.25, 0.3) is 5.91 Å². The summed E-state index contributed by atoms with van der Waals surface area (Å²) in [6.45, 7) is 2.54. The average Bonchev–Trinajstić information content (AvgIpc) is 3.03. The minimum Gasteiger partial charge on any atom is -0.294 e. The van der Waals surface area contributed by atoms with Crippen molar-refractivity contribution in [3.8, 4) is 0 Å². The molecular weight excluding hydrogens is 372 g/mol. The van der Waals surface area contributed by atoms with Crippen molar-refractivity contribution >= 4 is 39.0 Å². The number of carbonyl (C=O) groups is 1. The normalized spacial score (nSPS) is 23.3. The molecule has 1 aromatic carbocycles. The highest BCUT2D eigenvalue weighted by Gasteiger charge is 2.51. The molecule has 0 N–H and O–H groups in total. The van der Waals surface area contributed by atoms with Crippen molar-refractivity contribution in [2.75, 3.05) is 0 Å². The molecule has 5 heteroatoms. The lowest BCUT2D eigenvalue weighted by molar-refractivity contribution is -0.132. The summed E-state index contributed by atoms with van der Waals surface area (Å²) < 4.78 is 1.09. The fourth-order valence-electron chi connectivity index (χ4n) is 3.62. The lowest BCUT2D eigenvalue weighted by atomic mass is 9.80. The van der Waals surface area contributed by atoms with Gasteiger partial charge in [0.05, 0.1) is 10.3 Å². The van der Waals surface area contributed by atoms with Crippen LogP contribution >= 0.6 is 27.3 Å². The molecule has 1 aromatic heterocycles. The van der Waals surface area contributed by atoms with Gasteiger partial charge in [-0.05, 0) is 53.7 Å². The number of nitrogens with zero attached hydrogens (tertiary/aromatic N) is 2. The van der Waals surface area contributed by atoms with E-state index in [0.717, 1.165) is 40.0 Å². The summed E-state index contributed by atoms with van der Waals surface area (Å²) in [5, 5.41) is 0. The third-order valence-electron chi connectivity index (χ3n) is 4.69. The Morgan fingerprint density at radius 1 is 1.35 bits per heavy atom. The topological polar surface area (TPSA) is 32.7 Å². The molecule has 1 spiro atoms. The number of amides is 1. The van der Waals surface area contributed by atoms with Crippen LogP contribution in [0, 0.1) is 0 Å². The van der Waals surface area contributed by atoms with Crippen LogP contribution in [0.4, 0.5) is 0 Å². The van der Waals surface area contributed by atoms with Gasteiger partial charge in [0, 0.05) is 10.4 Å². The van der Waals surface area contributed by atoms with E-state index in [2.05, 4.69) is 34.1 Å². The zero-order chi connectivity index (χ0) is 16.0. The maximum atomic E-state index is 13.3. The highest BCUT2D eigenvalue weighted by atomic mass is 79.9. The maximum Gasteiger partial charge on any atom is 0.260 e. The van der Waals surface area contributed by atoms with E-state index in [9.17, 15) is 4.79 Å². The number of thiophene rings is 1. The van der Waals surface area contributed by atoms with Crippen LogP contribution in [0.25, 0.3) is 0 Å². The number of hydrogen-bond acceptors (Lipinski definition) is 3. The van der Waals surface area contributed by atoms with E-state index in [-0.39, 0.29) is 5.91 Å².